The standard InChI is InChI=1S/C17H25N3O/c1-13-12-16(8-7-15(13)6-5-10-18)17(21)19-14(2)9-11-20(3)4/h7-8,12,14H,9-11,18H2,1-4H3,(H,19,21). The van der Waals surface area contributed by atoms with E-state index < -0.39 is 0 Å². The fourth-order valence-electron chi connectivity index (χ4n) is 1.92. The second-order valence-corrected chi connectivity index (χ2v) is 5.50. The lowest BCUT2D eigenvalue weighted by Gasteiger charge is -2.17. The maximum Gasteiger partial charge on any atom is 0.251 e. The Kier molecular flexibility index (Phi) is 6.93. The first kappa shape index (κ1) is 17.2. The molecule has 4 nitrogen and oxygen atoms in total. The Morgan fingerprint density at radius 3 is 2.71 bits per heavy atom. The van der Waals surface area contributed by atoms with Crippen molar-refractivity contribution in [3.05, 3.63) is 34.9 Å². The molecule has 21 heavy (non-hydrogen) atoms. The van der Waals surface area contributed by atoms with Gasteiger partial charge in [-0.2, -0.15) is 0 Å². The average Bonchev–Trinajstić information content (AvgIpc) is 2.43. The molecule has 0 aromatic heterocycles. The molecule has 4 heteroatoms. The van der Waals surface area contributed by atoms with Gasteiger partial charge >= 0.3 is 0 Å². The zero-order valence-corrected chi connectivity index (χ0v) is 13.4. The first-order chi connectivity index (χ1) is 9.93. The van der Waals surface area contributed by atoms with Crippen LogP contribution >= 0.6 is 0 Å². The van der Waals surface area contributed by atoms with E-state index in [-0.39, 0.29) is 11.9 Å². The predicted octanol–water partition coefficient (Wildman–Crippen LogP) is 1.38. The molecule has 1 aromatic carbocycles. The van der Waals surface area contributed by atoms with Crippen LogP contribution in [0.15, 0.2) is 18.2 Å². The van der Waals surface area contributed by atoms with Gasteiger partial charge in [0.15, 0.2) is 0 Å². The SMILES string of the molecule is Cc1cc(C(=O)NC(C)CCN(C)C)ccc1C#CCN. The number of amides is 1. The van der Waals surface area contributed by atoms with Crippen LogP contribution in [0.1, 0.15) is 34.8 Å². The Morgan fingerprint density at radius 2 is 2.14 bits per heavy atom. The summed E-state index contributed by atoms with van der Waals surface area (Å²) in [7, 11) is 4.05. The molecule has 0 heterocycles. The highest BCUT2D eigenvalue weighted by Gasteiger charge is 2.10. The summed E-state index contributed by atoms with van der Waals surface area (Å²) in [6.07, 6.45) is 0.928. The molecule has 0 saturated heterocycles. The second kappa shape index (κ2) is 8.46. The Labute approximate surface area is 127 Å². The summed E-state index contributed by atoms with van der Waals surface area (Å²) < 4.78 is 0. The molecule has 0 aliphatic carbocycles. The molecule has 1 atom stereocenters. The molecule has 0 bridgehead atoms. The number of hydrogen-bond donors (Lipinski definition) is 2. The molecule has 1 rings (SSSR count). The third-order valence-corrected chi connectivity index (χ3v) is 3.20. The Balaban J connectivity index is 2.68. The lowest BCUT2D eigenvalue weighted by Crippen LogP contribution is -2.34. The van der Waals surface area contributed by atoms with Gasteiger partial charge in [-0.25, -0.2) is 0 Å². The Morgan fingerprint density at radius 1 is 1.43 bits per heavy atom. The number of carbonyl (C=O) groups is 1. The molecule has 0 saturated carbocycles. The van der Waals surface area contributed by atoms with Gasteiger partial charge in [0.25, 0.3) is 5.91 Å². The van der Waals surface area contributed by atoms with Crippen LogP contribution in [0.2, 0.25) is 0 Å². The molecule has 0 spiro atoms. The van der Waals surface area contributed by atoms with Crippen molar-refractivity contribution in [2.45, 2.75) is 26.3 Å². The van der Waals surface area contributed by atoms with Gasteiger partial charge in [0.2, 0.25) is 0 Å². The van der Waals surface area contributed by atoms with Gasteiger partial charge in [-0.15, -0.1) is 0 Å². The minimum Gasteiger partial charge on any atom is -0.350 e. The molecular formula is C17H25N3O. The normalized spacial score (nSPS) is 11.7. The van der Waals surface area contributed by atoms with E-state index in [4.69, 9.17) is 5.73 Å². The number of rotatable bonds is 5. The molecule has 0 fully saturated rings. The van der Waals surface area contributed by atoms with Gasteiger partial charge in [-0.1, -0.05) is 11.8 Å². The molecule has 0 aliphatic rings. The zero-order chi connectivity index (χ0) is 15.8. The van der Waals surface area contributed by atoms with Crippen LogP contribution in [0.4, 0.5) is 0 Å². The molecule has 1 amide bonds. The highest BCUT2D eigenvalue weighted by Crippen LogP contribution is 2.10. The average molecular weight is 287 g/mol. The van der Waals surface area contributed by atoms with E-state index in [0.29, 0.717) is 12.1 Å². The van der Waals surface area contributed by atoms with Crippen molar-refractivity contribution in [3.8, 4) is 11.8 Å². The van der Waals surface area contributed by atoms with Crippen molar-refractivity contribution >= 4 is 5.91 Å². The molecule has 0 aliphatic heterocycles. The fraction of sp³-hybridized carbons (Fsp3) is 0.471. The van der Waals surface area contributed by atoms with Gasteiger partial charge in [0.05, 0.1) is 6.54 Å². The molecule has 3 N–H and O–H groups in total. The Hall–Kier alpha value is -1.83. The summed E-state index contributed by atoms with van der Waals surface area (Å²) in [5.41, 5.74) is 7.94. The van der Waals surface area contributed by atoms with Crippen molar-refractivity contribution < 1.29 is 4.79 Å². The van der Waals surface area contributed by atoms with E-state index >= 15 is 0 Å². The van der Waals surface area contributed by atoms with Crippen molar-refractivity contribution in [2.75, 3.05) is 27.2 Å². The summed E-state index contributed by atoms with van der Waals surface area (Å²) in [6.45, 7) is 5.27. The lowest BCUT2D eigenvalue weighted by molar-refractivity contribution is 0.0936. The monoisotopic (exact) mass is 287 g/mol. The van der Waals surface area contributed by atoms with E-state index in [1.807, 2.05) is 46.1 Å². The number of hydrogen-bond acceptors (Lipinski definition) is 3. The summed E-state index contributed by atoms with van der Waals surface area (Å²) in [5, 5.41) is 3.02. The van der Waals surface area contributed by atoms with Crippen molar-refractivity contribution in [3.63, 3.8) is 0 Å². The Bertz CT molecular complexity index is 541. The van der Waals surface area contributed by atoms with Gasteiger partial charge in [-0.05, 0) is 64.7 Å². The highest BCUT2D eigenvalue weighted by molar-refractivity contribution is 5.94. The van der Waals surface area contributed by atoms with E-state index in [1.54, 1.807) is 0 Å². The van der Waals surface area contributed by atoms with Crippen molar-refractivity contribution in [1.29, 1.82) is 0 Å². The number of aryl methyl sites for hydroxylation is 1. The number of nitrogens with two attached hydrogens (primary N) is 1. The fourth-order valence-corrected chi connectivity index (χ4v) is 1.92. The van der Waals surface area contributed by atoms with Crippen LogP contribution in [0.5, 0.6) is 0 Å². The summed E-state index contributed by atoms with van der Waals surface area (Å²) in [4.78, 5) is 14.3. The first-order valence-electron chi connectivity index (χ1n) is 7.19. The summed E-state index contributed by atoms with van der Waals surface area (Å²) in [6, 6.07) is 5.70. The maximum atomic E-state index is 12.2. The minimum absolute atomic E-state index is 0.0392. The smallest absolute Gasteiger partial charge is 0.251 e. The number of carbonyl (C=O) groups excluding carboxylic acids is 1. The minimum atomic E-state index is -0.0392. The van der Waals surface area contributed by atoms with Gasteiger partial charge in [0, 0.05) is 17.2 Å². The molecule has 0 radical (unpaired) electrons. The van der Waals surface area contributed by atoms with Crippen molar-refractivity contribution in [2.24, 2.45) is 5.73 Å². The number of benzene rings is 1. The largest absolute Gasteiger partial charge is 0.350 e. The van der Waals surface area contributed by atoms with Crippen molar-refractivity contribution in [1.82, 2.24) is 10.2 Å². The molecule has 114 valence electrons. The first-order valence-corrected chi connectivity index (χ1v) is 7.19. The highest BCUT2D eigenvalue weighted by atomic mass is 16.1. The van der Waals surface area contributed by atoms with Crippen LogP contribution in [0.3, 0.4) is 0 Å². The lowest BCUT2D eigenvalue weighted by atomic mass is 10.0. The van der Waals surface area contributed by atoms with Crippen LogP contribution in [-0.2, 0) is 0 Å². The third-order valence-electron chi connectivity index (χ3n) is 3.20. The van der Waals surface area contributed by atoms with E-state index in [2.05, 4.69) is 22.1 Å². The molecule has 1 aromatic rings. The van der Waals surface area contributed by atoms with Crippen LogP contribution in [0.25, 0.3) is 0 Å². The number of nitrogens with one attached hydrogen (secondary N) is 1. The van der Waals surface area contributed by atoms with Gasteiger partial charge in [0.1, 0.15) is 0 Å². The molecular weight excluding hydrogens is 262 g/mol. The zero-order valence-electron chi connectivity index (χ0n) is 13.4. The van der Waals surface area contributed by atoms with Gasteiger partial charge in [-0.3, -0.25) is 4.79 Å². The third kappa shape index (κ3) is 5.99. The second-order valence-electron chi connectivity index (χ2n) is 5.50. The van der Waals surface area contributed by atoms with E-state index in [9.17, 15) is 4.79 Å². The van der Waals surface area contributed by atoms with E-state index in [1.165, 1.54) is 0 Å². The summed E-state index contributed by atoms with van der Waals surface area (Å²) >= 11 is 0. The van der Waals surface area contributed by atoms with Crippen LogP contribution in [-0.4, -0.2) is 44.0 Å². The topological polar surface area (TPSA) is 58.4 Å². The predicted molar refractivity (Wildman–Crippen MR) is 87.2 cm³/mol. The van der Waals surface area contributed by atoms with Crippen LogP contribution in [0, 0.1) is 18.8 Å². The van der Waals surface area contributed by atoms with Crippen LogP contribution < -0.4 is 11.1 Å². The summed E-state index contributed by atoms with van der Waals surface area (Å²) in [5.74, 6) is 5.79. The molecule has 1 unspecified atom stereocenters. The van der Waals surface area contributed by atoms with Gasteiger partial charge < -0.3 is 16.0 Å². The van der Waals surface area contributed by atoms with E-state index in [0.717, 1.165) is 24.1 Å². The quantitative estimate of drug-likeness (QED) is 0.804. The maximum absolute atomic E-state index is 12.2. The number of nitrogens with zero attached hydrogens (tertiary/aromatic N) is 1.